The van der Waals surface area contributed by atoms with E-state index in [0.29, 0.717) is 0 Å². The predicted molar refractivity (Wildman–Crippen MR) is 181 cm³/mol. The molecule has 0 bridgehead atoms. The van der Waals surface area contributed by atoms with Crippen LogP contribution < -0.4 is 11.1 Å². The number of para-hydroxylation sites is 2. The topological polar surface area (TPSA) is 43.0 Å². The van der Waals surface area contributed by atoms with Crippen molar-refractivity contribution in [1.29, 1.82) is 0 Å². The number of aromatic nitrogens is 1. The number of nitrogens with one attached hydrogen (secondary N) is 1. The van der Waals surface area contributed by atoms with Gasteiger partial charge in [0.15, 0.2) is 0 Å². The lowest BCUT2D eigenvalue weighted by molar-refractivity contribution is 0.630. The first kappa shape index (κ1) is 27.2. The Labute approximate surface area is 248 Å². The quantitative estimate of drug-likeness (QED) is 0.216. The molecular weight excluding hydrogens is 510 g/mol. The van der Waals surface area contributed by atoms with Crippen LogP contribution in [0.15, 0.2) is 133 Å². The van der Waals surface area contributed by atoms with Crippen LogP contribution in [0.2, 0.25) is 0 Å². The highest BCUT2D eigenvalue weighted by molar-refractivity contribution is 6.12. The minimum atomic E-state index is 0.00627. The maximum atomic E-state index is 5.44. The van der Waals surface area contributed by atoms with Crippen LogP contribution in [0.25, 0.3) is 44.7 Å². The van der Waals surface area contributed by atoms with Gasteiger partial charge in [-0.05, 0) is 76.8 Å². The highest BCUT2D eigenvalue weighted by Crippen LogP contribution is 2.47. The van der Waals surface area contributed by atoms with Crippen LogP contribution in [0.5, 0.6) is 0 Å². The van der Waals surface area contributed by atoms with Crippen molar-refractivity contribution in [3.05, 3.63) is 150 Å². The zero-order valence-electron chi connectivity index (χ0n) is 24.7. The first-order valence-electron chi connectivity index (χ1n) is 14.5. The van der Waals surface area contributed by atoms with Gasteiger partial charge < -0.3 is 15.6 Å². The number of nitrogens with zero attached hydrogens (tertiary/aromatic N) is 1. The van der Waals surface area contributed by atoms with Crippen molar-refractivity contribution < 1.29 is 0 Å². The highest BCUT2D eigenvalue weighted by atomic mass is 15.0. The minimum absolute atomic E-state index is 0.00627. The van der Waals surface area contributed by atoms with Gasteiger partial charge in [0.25, 0.3) is 0 Å². The number of hydrogen-bond acceptors (Lipinski definition) is 2. The lowest BCUT2D eigenvalue weighted by Gasteiger charge is -2.34. The Morgan fingerprint density at radius 1 is 0.738 bits per heavy atom. The number of benzene rings is 5. The summed E-state index contributed by atoms with van der Waals surface area (Å²) in [5, 5.41) is 5.91. The average molecular weight is 548 g/mol. The largest absolute Gasteiger partial charge is 0.404 e. The predicted octanol–water partition coefficient (Wildman–Crippen LogP) is 9.69. The van der Waals surface area contributed by atoms with E-state index in [1.165, 1.54) is 55.3 Å². The maximum Gasteiger partial charge on any atom is 0.0582 e. The number of rotatable bonds is 4. The van der Waals surface area contributed by atoms with Crippen LogP contribution in [0.1, 0.15) is 37.5 Å². The molecule has 3 nitrogen and oxygen atoms in total. The Kier molecular flexibility index (Phi) is 7.18. The molecule has 0 atom stereocenters. The average Bonchev–Trinajstić information content (AvgIpc) is 3.37. The molecule has 0 aliphatic carbocycles. The number of fused-ring (bicyclic) bond motifs is 5. The summed E-state index contributed by atoms with van der Waals surface area (Å²) in [4.78, 5) is 0. The Hall–Kier alpha value is -5.02. The molecule has 0 spiro atoms. The fraction of sp³-hybridized carbons (Fsp3) is 0.128. The van der Waals surface area contributed by atoms with Gasteiger partial charge in [-0.1, -0.05) is 111 Å². The van der Waals surface area contributed by atoms with Gasteiger partial charge in [0, 0.05) is 28.9 Å². The van der Waals surface area contributed by atoms with Crippen LogP contribution in [0, 0.1) is 0 Å². The second kappa shape index (κ2) is 11.1. The monoisotopic (exact) mass is 547 g/mol. The lowest BCUT2D eigenvalue weighted by atomic mass is 9.75. The summed E-state index contributed by atoms with van der Waals surface area (Å²) in [6.45, 7) is 6.65. The van der Waals surface area contributed by atoms with Gasteiger partial charge in [-0.3, -0.25) is 0 Å². The van der Waals surface area contributed by atoms with Gasteiger partial charge in [-0.25, -0.2) is 0 Å². The smallest absolute Gasteiger partial charge is 0.0582 e. The third kappa shape index (κ3) is 4.77. The molecule has 3 N–H and O–H groups in total. The van der Waals surface area contributed by atoms with Gasteiger partial charge in [0.05, 0.1) is 16.7 Å². The zero-order chi connectivity index (χ0) is 29.3. The first-order chi connectivity index (χ1) is 20.4. The van der Waals surface area contributed by atoms with Gasteiger partial charge in [-0.15, -0.1) is 0 Å². The van der Waals surface area contributed by atoms with E-state index in [2.05, 4.69) is 139 Å². The highest BCUT2D eigenvalue weighted by Gasteiger charge is 2.34. The molecule has 0 saturated carbocycles. The maximum absolute atomic E-state index is 5.44. The van der Waals surface area contributed by atoms with E-state index in [4.69, 9.17) is 5.73 Å². The first-order valence-corrected chi connectivity index (χ1v) is 14.5. The van der Waals surface area contributed by atoms with E-state index >= 15 is 0 Å². The summed E-state index contributed by atoms with van der Waals surface area (Å²) in [5.41, 5.74) is 18.0. The van der Waals surface area contributed by atoms with Crippen LogP contribution >= 0.6 is 0 Å². The molecule has 208 valence electrons. The third-order valence-electron chi connectivity index (χ3n) is 8.36. The van der Waals surface area contributed by atoms with Crippen LogP contribution in [0.4, 0.5) is 5.69 Å². The molecule has 7 rings (SSSR count). The van der Waals surface area contributed by atoms with E-state index in [0.717, 1.165) is 11.3 Å². The van der Waals surface area contributed by atoms with E-state index in [1.54, 1.807) is 6.20 Å². The normalized spacial score (nSPS) is 13.6. The molecular formula is C39H37N3. The summed E-state index contributed by atoms with van der Waals surface area (Å²) >= 11 is 0. The molecule has 6 aromatic rings. The summed E-state index contributed by atoms with van der Waals surface area (Å²) in [5.74, 6) is 0. The third-order valence-corrected chi connectivity index (χ3v) is 8.36. The molecule has 3 heteroatoms. The number of allylic oxidation sites excluding steroid dienone is 2. The molecule has 0 saturated heterocycles. The van der Waals surface area contributed by atoms with Crippen molar-refractivity contribution in [3.63, 3.8) is 0 Å². The number of anilines is 1. The molecule has 1 aliphatic rings. The van der Waals surface area contributed by atoms with E-state index < -0.39 is 0 Å². The fourth-order valence-electron chi connectivity index (χ4n) is 6.06. The molecule has 5 aromatic carbocycles. The SMILES string of the molecule is CC(/C=C\c1cccc(-c2ccccc2)c1)=C/N.CNc1ccc2c(c1)c1cccc3c1n2-c1ccccc1C3(C)C. The molecule has 0 radical (unpaired) electrons. The lowest BCUT2D eigenvalue weighted by Crippen LogP contribution is -2.26. The zero-order valence-corrected chi connectivity index (χ0v) is 24.7. The van der Waals surface area contributed by atoms with Crippen molar-refractivity contribution in [2.75, 3.05) is 12.4 Å². The van der Waals surface area contributed by atoms with Crippen molar-refractivity contribution in [1.82, 2.24) is 4.57 Å². The van der Waals surface area contributed by atoms with E-state index in [-0.39, 0.29) is 5.41 Å². The molecule has 1 aliphatic heterocycles. The van der Waals surface area contributed by atoms with E-state index in [1.807, 2.05) is 26.1 Å². The standard InChI is InChI=1S/C22H20N2.C17H17N/c1-22(2)17-8-4-5-10-20(17)24-19-12-11-14(23-3)13-16(19)15-7-6-9-18(22)21(15)24;1-14(13-18)10-11-15-6-5-9-17(12-15)16-7-3-2-4-8-16/h4-13,23H,1-3H3;2-13H,18H2,1H3/b;11-10-,14-13-. The minimum Gasteiger partial charge on any atom is -0.404 e. The Balaban J connectivity index is 0.000000158. The van der Waals surface area contributed by atoms with Crippen molar-refractivity contribution in [2.45, 2.75) is 26.2 Å². The second-order valence-corrected chi connectivity index (χ2v) is 11.4. The van der Waals surface area contributed by atoms with Crippen LogP contribution in [0.3, 0.4) is 0 Å². The van der Waals surface area contributed by atoms with Crippen molar-refractivity contribution >= 4 is 33.6 Å². The second-order valence-electron chi connectivity index (χ2n) is 11.4. The van der Waals surface area contributed by atoms with Crippen LogP contribution in [-0.4, -0.2) is 11.6 Å². The summed E-state index contributed by atoms with van der Waals surface area (Å²) < 4.78 is 2.44. The van der Waals surface area contributed by atoms with Gasteiger partial charge in [0.2, 0.25) is 0 Å². The Morgan fingerprint density at radius 3 is 2.24 bits per heavy atom. The molecule has 2 heterocycles. The number of hydrogen-bond donors (Lipinski definition) is 2. The van der Waals surface area contributed by atoms with Crippen molar-refractivity contribution in [3.8, 4) is 16.8 Å². The Morgan fingerprint density at radius 2 is 1.45 bits per heavy atom. The van der Waals surface area contributed by atoms with Gasteiger partial charge in [-0.2, -0.15) is 0 Å². The van der Waals surface area contributed by atoms with Gasteiger partial charge in [0.1, 0.15) is 0 Å². The summed E-state index contributed by atoms with van der Waals surface area (Å²) in [7, 11) is 1.97. The summed E-state index contributed by atoms with van der Waals surface area (Å²) in [6, 6.07) is 41.0. The fourth-order valence-corrected chi connectivity index (χ4v) is 6.06. The molecule has 42 heavy (non-hydrogen) atoms. The molecule has 0 amide bonds. The molecule has 1 aromatic heterocycles. The Bertz CT molecular complexity index is 1960. The van der Waals surface area contributed by atoms with Gasteiger partial charge >= 0.3 is 0 Å². The van der Waals surface area contributed by atoms with Crippen LogP contribution in [-0.2, 0) is 5.41 Å². The van der Waals surface area contributed by atoms with Crippen molar-refractivity contribution in [2.24, 2.45) is 5.73 Å². The summed E-state index contributed by atoms with van der Waals surface area (Å²) in [6.07, 6.45) is 5.70. The number of nitrogens with two attached hydrogens (primary N) is 1. The molecule has 0 unspecified atom stereocenters. The molecule has 0 fully saturated rings. The van der Waals surface area contributed by atoms with E-state index in [9.17, 15) is 0 Å².